The van der Waals surface area contributed by atoms with Gasteiger partial charge in [-0.1, -0.05) is 26.2 Å². The highest BCUT2D eigenvalue weighted by molar-refractivity contribution is 5.04. The monoisotopic (exact) mass is 165 g/mol. The average Bonchev–Trinajstić information content (AvgIpc) is 2.58. The summed E-state index contributed by atoms with van der Waals surface area (Å²) in [4.78, 5) is 0. The van der Waals surface area contributed by atoms with Crippen molar-refractivity contribution in [2.45, 2.75) is 58.3 Å². The Labute approximate surface area is 76.7 Å². The molecule has 2 saturated carbocycles. The van der Waals surface area contributed by atoms with Gasteiger partial charge in [0.25, 0.3) is 0 Å². The van der Waals surface area contributed by atoms with Gasteiger partial charge in [0.05, 0.1) is 0 Å². The van der Waals surface area contributed by atoms with E-state index >= 15 is 0 Å². The molecule has 0 heterocycles. The predicted octanol–water partition coefficient (Wildman–Crippen LogP) is 3.96. The highest BCUT2D eigenvalue weighted by Gasteiger charge is 2.44. The normalized spacial score (nSPS) is 40.2. The molecule has 1 radical (unpaired) electrons. The molecule has 69 valence electrons. The SMILES string of the molecule is CCC[CH]C12CCCC1CCC2. The molecule has 0 atom stereocenters. The van der Waals surface area contributed by atoms with Crippen molar-refractivity contribution in [2.75, 3.05) is 0 Å². The van der Waals surface area contributed by atoms with Crippen LogP contribution in [0.3, 0.4) is 0 Å². The van der Waals surface area contributed by atoms with Crippen molar-refractivity contribution >= 4 is 0 Å². The van der Waals surface area contributed by atoms with E-state index in [1.807, 2.05) is 0 Å². The van der Waals surface area contributed by atoms with Crippen molar-refractivity contribution in [3.05, 3.63) is 6.42 Å². The van der Waals surface area contributed by atoms with Gasteiger partial charge in [0.1, 0.15) is 0 Å². The maximum absolute atomic E-state index is 2.68. The van der Waals surface area contributed by atoms with Crippen LogP contribution in [0.2, 0.25) is 0 Å². The number of unbranched alkanes of at least 4 members (excludes halogenated alkanes) is 1. The summed E-state index contributed by atoms with van der Waals surface area (Å²) in [6, 6.07) is 0. The molecule has 0 heteroatoms. The third-order valence-corrected chi connectivity index (χ3v) is 4.04. The molecule has 2 rings (SSSR count). The summed E-state index contributed by atoms with van der Waals surface area (Å²) in [5.41, 5.74) is 0.732. The van der Waals surface area contributed by atoms with Crippen molar-refractivity contribution < 1.29 is 0 Å². The van der Waals surface area contributed by atoms with E-state index in [-0.39, 0.29) is 0 Å². The topological polar surface area (TPSA) is 0 Å². The Bertz CT molecular complexity index is 138. The van der Waals surface area contributed by atoms with Crippen molar-refractivity contribution in [2.24, 2.45) is 11.3 Å². The number of hydrogen-bond donors (Lipinski definition) is 0. The van der Waals surface area contributed by atoms with E-state index in [0.29, 0.717) is 0 Å². The molecule has 0 aromatic carbocycles. The molecule has 2 fully saturated rings. The maximum atomic E-state index is 2.68. The second kappa shape index (κ2) is 3.40. The summed E-state index contributed by atoms with van der Waals surface area (Å²) >= 11 is 0. The Hall–Kier alpha value is 0. The van der Waals surface area contributed by atoms with Crippen LogP contribution >= 0.6 is 0 Å². The molecule has 0 N–H and O–H groups in total. The van der Waals surface area contributed by atoms with E-state index in [0.717, 1.165) is 11.3 Å². The lowest BCUT2D eigenvalue weighted by atomic mass is 9.76. The van der Waals surface area contributed by atoms with Gasteiger partial charge in [-0.15, -0.1) is 0 Å². The molecular formula is C12H21. The van der Waals surface area contributed by atoms with Crippen LogP contribution in [0, 0.1) is 17.8 Å². The predicted molar refractivity (Wildman–Crippen MR) is 52.8 cm³/mol. The van der Waals surface area contributed by atoms with E-state index in [1.165, 1.54) is 51.4 Å². The average molecular weight is 165 g/mol. The quantitative estimate of drug-likeness (QED) is 0.593. The van der Waals surface area contributed by atoms with E-state index in [1.54, 1.807) is 0 Å². The Kier molecular flexibility index (Phi) is 2.43. The zero-order valence-electron chi connectivity index (χ0n) is 8.31. The molecule has 0 spiro atoms. The number of rotatable bonds is 3. The number of hydrogen-bond acceptors (Lipinski definition) is 0. The van der Waals surface area contributed by atoms with Crippen LogP contribution < -0.4 is 0 Å². The lowest BCUT2D eigenvalue weighted by molar-refractivity contribution is 0.287. The fourth-order valence-corrected chi connectivity index (χ4v) is 3.41. The minimum absolute atomic E-state index is 0.732. The van der Waals surface area contributed by atoms with Gasteiger partial charge in [-0.05, 0) is 49.9 Å². The van der Waals surface area contributed by atoms with Crippen LogP contribution in [0.25, 0.3) is 0 Å². The van der Waals surface area contributed by atoms with Gasteiger partial charge < -0.3 is 0 Å². The first-order valence-corrected chi connectivity index (χ1v) is 5.72. The van der Waals surface area contributed by atoms with E-state index < -0.39 is 0 Å². The highest BCUT2D eigenvalue weighted by Crippen LogP contribution is 2.56. The minimum atomic E-state index is 0.732. The lowest BCUT2D eigenvalue weighted by Gasteiger charge is -2.28. The van der Waals surface area contributed by atoms with Crippen molar-refractivity contribution in [1.29, 1.82) is 0 Å². The van der Waals surface area contributed by atoms with Crippen LogP contribution in [0.1, 0.15) is 58.3 Å². The molecule has 0 aromatic rings. The third kappa shape index (κ3) is 1.30. The standard InChI is InChI=1S/C12H21/c1-2-3-8-12-9-4-6-11(12)7-5-10-12/h8,11H,2-7,9-10H2,1H3. The second-order valence-electron chi connectivity index (χ2n) is 4.71. The van der Waals surface area contributed by atoms with E-state index in [2.05, 4.69) is 13.3 Å². The first-order valence-electron chi connectivity index (χ1n) is 5.72. The summed E-state index contributed by atoms with van der Waals surface area (Å²) in [6.45, 7) is 2.30. The molecule has 0 nitrogen and oxygen atoms in total. The molecule has 0 amide bonds. The maximum Gasteiger partial charge on any atom is -0.0238 e. The van der Waals surface area contributed by atoms with Crippen LogP contribution in [-0.4, -0.2) is 0 Å². The second-order valence-corrected chi connectivity index (χ2v) is 4.71. The van der Waals surface area contributed by atoms with Gasteiger partial charge in [-0.3, -0.25) is 0 Å². The lowest BCUT2D eigenvalue weighted by Crippen LogP contribution is -2.20. The zero-order valence-corrected chi connectivity index (χ0v) is 8.31. The first kappa shape index (κ1) is 8.59. The van der Waals surface area contributed by atoms with Crippen LogP contribution in [0.4, 0.5) is 0 Å². The third-order valence-electron chi connectivity index (χ3n) is 4.04. The van der Waals surface area contributed by atoms with E-state index in [4.69, 9.17) is 0 Å². The highest BCUT2D eigenvalue weighted by atomic mass is 14.5. The van der Waals surface area contributed by atoms with Gasteiger partial charge >= 0.3 is 0 Å². The molecular weight excluding hydrogens is 144 g/mol. The Morgan fingerprint density at radius 1 is 1.25 bits per heavy atom. The largest absolute Gasteiger partial charge is 0.0654 e. The summed E-state index contributed by atoms with van der Waals surface area (Å²) in [5.74, 6) is 1.09. The van der Waals surface area contributed by atoms with Gasteiger partial charge in [0, 0.05) is 0 Å². The summed E-state index contributed by atoms with van der Waals surface area (Å²) < 4.78 is 0. The van der Waals surface area contributed by atoms with Crippen molar-refractivity contribution in [1.82, 2.24) is 0 Å². The molecule has 12 heavy (non-hydrogen) atoms. The molecule has 0 bridgehead atoms. The molecule has 2 aliphatic carbocycles. The van der Waals surface area contributed by atoms with Gasteiger partial charge in [-0.25, -0.2) is 0 Å². The van der Waals surface area contributed by atoms with Gasteiger partial charge in [0.15, 0.2) is 0 Å². The summed E-state index contributed by atoms with van der Waals surface area (Å²) in [7, 11) is 0. The first-order chi connectivity index (χ1) is 5.87. The molecule has 0 unspecified atom stereocenters. The molecule has 0 saturated heterocycles. The zero-order chi connectivity index (χ0) is 8.44. The van der Waals surface area contributed by atoms with Crippen molar-refractivity contribution in [3.8, 4) is 0 Å². The Balaban J connectivity index is 1.97. The van der Waals surface area contributed by atoms with Gasteiger partial charge in [0.2, 0.25) is 0 Å². The fourth-order valence-electron chi connectivity index (χ4n) is 3.41. The van der Waals surface area contributed by atoms with E-state index in [9.17, 15) is 0 Å². The summed E-state index contributed by atoms with van der Waals surface area (Å²) in [5, 5.41) is 0. The summed E-state index contributed by atoms with van der Waals surface area (Å²) in [6.07, 6.45) is 14.5. The minimum Gasteiger partial charge on any atom is -0.0654 e. The van der Waals surface area contributed by atoms with Crippen LogP contribution in [0.5, 0.6) is 0 Å². The molecule has 2 aliphatic rings. The number of fused-ring (bicyclic) bond motifs is 1. The van der Waals surface area contributed by atoms with Gasteiger partial charge in [-0.2, -0.15) is 0 Å². The van der Waals surface area contributed by atoms with Crippen LogP contribution in [-0.2, 0) is 0 Å². The smallest absolute Gasteiger partial charge is 0.0238 e. The molecule has 0 aliphatic heterocycles. The molecule has 0 aromatic heterocycles. The Morgan fingerprint density at radius 2 is 1.92 bits per heavy atom. The Morgan fingerprint density at radius 3 is 2.50 bits per heavy atom. The fraction of sp³-hybridized carbons (Fsp3) is 0.917. The van der Waals surface area contributed by atoms with Crippen molar-refractivity contribution in [3.63, 3.8) is 0 Å². The van der Waals surface area contributed by atoms with Crippen LogP contribution in [0.15, 0.2) is 0 Å².